The van der Waals surface area contributed by atoms with Crippen molar-refractivity contribution >= 4 is 17.4 Å². The fraction of sp³-hybridized carbons (Fsp3) is 0.462. The molecule has 3 heterocycles. The number of aromatic nitrogens is 3. The molecule has 0 bridgehead atoms. The fourth-order valence-corrected chi connectivity index (χ4v) is 2.42. The summed E-state index contributed by atoms with van der Waals surface area (Å²) in [5, 5.41) is 4.06. The topological polar surface area (TPSA) is 85.8 Å². The number of rotatable bonds is 2. The molecule has 1 fully saturated rings. The first-order chi connectivity index (χ1) is 9.46. The second-order valence-electron chi connectivity index (χ2n) is 5.51. The second kappa shape index (κ2) is 4.45. The maximum atomic E-state index is 11.4. The number of hydrogen-bond acceptors (Lipinski definition) is 5. The predicted octanol–water partition coefficient (Wildman–Crippen LogP) is 0.443. The summed E-state index contributed by atoms with van der Waals surface area (Å²) in [5.74, 6) is 0.281. The minimum atomic E-state index is -0.521. The molecule has 1 aliphatic rings. The lowest BCUT2D eigenvalue weighted by Gasteiger charge is -2.38. The highest BCUT2D eigenvalue weighted by molar-refractivity contribution is 5.98. The minimum absolute atomic E-state index is 0.210. The Morgan fingerprint density at radius 1 is 1.50 bits per heavy atom. The number of hydrogen-bond donors (Lipinski definition) is 1. The van der Waals surface area contributed by atoms with Crippen molar-refractivity contribution in [1.29, 1.82) is 0 Å². The fourth-order valence-electron chi connectivity index (χ4n) is 2.42. The van der Waals surface area contributed by atoms with Gasteiger partial charge in [0.1, 0.15) is 11.4 Å². The molecular formula is C13H17N5O2. The molecule has 106 valence electrons. The first kappa shape index (κ1) is 12.9. The van der Waals surface area contributed by atoms with Crippen LogP contribution in [0.25, 0.3) is 5.65 Å². The predicted molar refractivity (Wildman–Crippen MR) is 73.7 cm³/mol. The van der Waals surface area contributed by atoms with E-state index in [9.17, 15) is 4.79 Å². The first-order valence-corrected chi connectivity index (χ1v) is 6.49. The SMILES string of the molecule is CC1(C)CN(c2ccn3ncc(C(N)=O)c3n2)CCO1. The van der Waals surface area contributed by atoms with Gasteiger partial charge in [0.05, 0.1) is 18.4 Å². The standard InChI is InChI=1S/C13H17N5O2/c1-13(2)8-17(5-6-20-13)10-3-4-18-12(16-10)9(7-15-18)11(14)19/h3-4,7H,5-6,8H2,1-2H3,(H2,14,19). The zero-order valence-electron chi connectivity index (χ0n) is 11.5. The van der Waals surface area contributed by atoms with Crippen molar-refractivity contribution in [2.45, 2.75) is 19.4 Å². The van der Waals surface area contributed by atoms with Crippen LogP contribution in [0.15, 0.2) is 18.5 Å². The van der Waals surface area contributed by atoms with Gasteiger partial charge in [-0.3, -0.25) is 4.79 Å². The number of anilines is 1. The average molecular weight is 275 g/mol. The third-order valence-corrected chi connectivity index (χ3v) is 3.37. The molecule has 1 saturated heterocycles. The van der Waals surface area contributed by atoms with Gasteiger partial charge in [0.2, 0.25) is 0 Å². The van der Waals surface area contributed by atoms with Crippen LogP contribution >= 0.6 is 0 Å². The molecule has 20 heavy (non-hydrogen) atoms. The lowest BCUT2D eigenvalue weighted by Crippen LogP contribution is -2.48. The van der Waals surface area contributed by atoms with Crippen molar-refractivity contribution in [2.24, 2.45) is 5.73 Å². The van der Waals surface area contributed by atoms with Crippen LogP contribution < -0.4 is 10.6 Å². The number of nitrogens with zero attached hydrogens (tertiary/aromatic N) is 4. The van der Waals surface area contributed by atoms with Crippen LogP contribution in [0.2, 0.25) is 0 Å². The van der Waals surface area contributed by atoms with Gasteiger partial charge in [-0.1, -0.05) is 0 Å². The Morgan fingerprint density at radius 2 is 2.30 bits per heavy atom. The average Bonchev–Trinajstić information content (AvgIpc) is 2.80. The van der Waals surface area contributed by atoms with Gasteiger partial charge in [0.15, 0.2) is 5.65 Å². The van der Waals surface area contributed by atoms with Gasteiger partial charge in [0, 0.05) is 19.3 Å². The molecule has 0 atom stereocenters. The summed E-state index contributed by atoms with van der Waals surface area (Å²) in [7, 11) is 0. The highest BCUT2D eigenvalue weighted by Gasteiger charge is 2.28. The first-order valence-electron chi connectivity index (χ1n) is 6.49. The van der Waals surface area contributed by atoms with E-state index >= 15 is 0 Å². The van der Waals surface area contributed by atoms with E-state index in [1.54, 1.807) is 10.7 Å². The van der Waals surface area contributed by atoms with Crippen LogP contribution in [0, 0.1) is 0 Å². The van der Waals surface area contributed by atoms with Gasteiger partial charge in [-0.2, -0.15) is 5.10 Å². The van der Waals surface area contributed by atoms with E-state index in [1.165, 1.54) is 6.20 Å². The molecule has 0 unspecified atom stereocenters. The molecule has 0 radical (unpaired) electrons. The highest BCUT2D eigenvalue weighted by Crippen LogP contribution is 2.22. The zero-order chi connectivity index (χ0) is 14.3. The number of primary amides is 1. The maximum absolute atomic E-state index is 11.4. The van der Waals surface area contributed by atoms with Crippen molar-refractivity contribution in [3.05, 3.63) is 24.0 Å². The van der Waals surface area contributed by atoms with Crippen LogP contribution in [0.4, 0.5) is 5.82 Å². The summed E-state index contributed by atoms with van der Waals surface area (Å²) >= 11 is 0. The summed E-state index contributed by atoms with van der Waals surface area (Å²) in [6.07, 6.45) is 3.23. The van der Waals surface area contributed by atoms with Crippen molar-refractivity contribution in [1.82, 2.24) is 14.6 Å². The Kier molecular flexibility index (Phi) is 2.86. The Bertz CT molecular complexity index is 664. The quantitative estimate of drug-likeness (QED) is 0.859. The van der Waals surface area contributed by atoms with Crippen LogP contribution in [0.3, 0.4) is 0 Å². The molecule has 0 saturated carbocycles. The van der Waals surface area contributed by atoms with Gasteiger partial charge in [-0.25, -0.2) is 9.50 Å². The van der Waals surface area contributed by atoms with Crippen molar-refractivity contribution in [2.75, 3.05) is 24.6 Å². The molecule has 1 amide bonds. The van der Waals surface area contributed by atoms with E-state index in [2.05, 4.69) is 15.0 Å². The van der Waals surface area contributed by atoms with Gasteiger partial charge < -0.3 is 15.4 Å². The number of nitrogens with two attached hydrogens (primary N) is 1. The molecule has 1 aliphatic heterocycles. The van der Waals surface area contributed by atoms with Gasteiger partial charge in [-0.15, -0.1) is 0 Å². The minimum Gasteiger partial charge on any atom is -0.372 e. The lowest BCUT2D eigenvalue weighted by atomic mass is 10.1. The third kappa shape index (κ3) is 2.20. The number of fused-ring (bicyclic) bond motifs is 1. The number of carbonyl (C=O) groups is 1. The van der Waals surface area contributed by atoms with E-state index < -0.39 is 5.91 Å². The summed E-state index contributed by atoms with van der Waals surface area (Å²) < 4.78 is 7.24. The van der Waals surface area contributed by atoms with Crippen molar-refractivity contribution in [3.8, 4) is 0 Å². The number of carbonyl (C=O) groups excluding carboxylic acids is 1. The molecule has 0 aliphatic carbocycles. The Labute approximate surface area is 116 Å². The monoisotopic (exact) mass is 275 g/mol. The summed E-state index contributed by atoms with van der Waals surface area (Å²) in [5.41, 5.74) is 5.94. The Hall–Kier alpha value is -2.15. The highest BCUT2D eigenvalue weighted by atomic mass is 16.5. The van der Waals surface area contributed by atoms with Crippen molar-refractivity contribution in [3.63, 3.8) is 0 Å². The van der Waals surface area contributed by atoms with Crippen LogP contribution in [-0.4, -0.2) is 45.8 Å². The molecule has 2 aromatic rings. The van der Waals surface area contributed by atoms with E-state index in [0.717, 1.165) is 18.9 Å². The molecule has 7 nitrogen and oxygen atoms in total. The number of ether oxygens (including phenoxy) is 1. The van der Waals surface area contributed by atoms with E-state index in [-0.39, 0.29) is 5.60 Å². The largest absolute Gasteiger partial charge is 0.372 e. The smallest absolute Gasteiger partial charge is 0.254 e. The zero-order valence-corrected chi connectivity index (χ0v) is 11.5. The third-order valence-electron chi connectivity index (χ3n) is 3.37. The molecule has 3 rings (SSSR count). The number of amides is 1. The summed E-state index contributed by atoms with van der Waals surface area (Å²) in [6, 6.07) is 1.88. The molecule has 0 aromatic carbocycles. The van der Waals surface area contributed by atoms with Gasteiger partial charge in [0.25, 0.3) is 5.91 Å². The molecule has 2 aromatic heterocycles. The van der Waals surface area contributed by atoms with Gasteiger partial charge >= 0.3 is 0 Å². The van der Waals surface area contributed by atoms with Gasteiger partial charge in [-0.05, 0) is 19.9 Å². The Morgan fingerprint density at radius 3 is 3.00 bits per heavy atom. The Balaban J connectivity index is 1.99. The van der Waals surface area contributed by atoms with Crippen LogP contribution in [0.1, 0.15) is 24.2 Å². The molecule has 0 spiro atoms. The van der Waals surface area contributed by atoms with E-state index in [1.807, 2.05) is 19.9 Å². The molecular weight excluding hydrogens is 258 g/mol. The van der Waals surface area contributed by atoms with E-state index in [0.29, 0.717) is 17.8 Å². The normalized spacial score (nSPS) is 18.4. The lowest BCUT2D eigenvalue weighted by molar-refractivity contribution is -0.0279. The van der Waals surface area contributed by atoms with E-state index in [4.69, 9.17) is 10.5 Å². The summed E-state index contributed by atoms with van der Waals surface area (Å²) in [6.45, 7) is 6.27. The number of morpholine rings is 1. The van der Waals surface area contributed by atoms with Crippen molar-refractivity contribution < 1.29 is 9.53 Å². The molecule has 2 N–H and O–H groups in total. The summed E-state index contributed by atoms with van der Waals surface area (Å²) in [4.78, 5) is 18.0. The van der Waals surface area contributed by atoms with Crippen LogP contribution in [-0.2, 0) is 4.74 Å². The molecule has 7 heteroatoms. The maximum Gasteiger partial charge on any atom is 0.254 e. The second-order valence-corrected chi connectivity index (χ2v) is 5.51. The van der Waals surface area contributed by atoms with Crippen LogP contribution in [0.5, 0.6) is 0 Å².